The van der Waals surface area contributed by atoms with Crippen LogP contribution in [0.2, 0.25) is 0 Å². The number of para-hydroxylation sites is 1. The smallest absolute Gasteiger partial charge is 0.255 e. The number of hydrogen-bond donors (Lipinski definition) is 1. The molecule has 0 amide bonds. The van der Waals surface area contributed by atoms with Crippen LogP contribution in [-0.2, 0) is 0 Å². The van der Waals surface area contributed by atoms with Crippen molar-refractivity contribution in [3.63, 3.8) is 0 Å². The summed E-state index contributed by atoms with van der Waals surface area (Å²) in [4.78, 5) is 16.1. The number of nitrogens with zero attached hydrogens (tertiary/aromatic N) is 1. The molecule has 0 bridgehead atoms. The molecule has 0 atom stereocenters. The number of rotatable bonds is 5. The summed E-state index contributed by atoms with van der Waals surface area (Å²) in [5.41, 5.74) is 3.03. The third-order valence-corrected chi connectivity index (χ3v) is 4.72. The summed E-state index contributed by atoms with van der Waals surface area (Å²) >= 11 is 0. The summed E-state index contributed by atoms with van der Waals surface area (Å²) in [6, 6.07) is 16.7. The van der Waals surface area contributed by atoms with Gasteiger partial charge < -0.3 is 19.2 Å². The minimum absolute atomic E-state index is 0.131. The first-order valence-electron chi connectivity index (χ1n) is 8.77. The van der Waals surface area contributed by atoms with Gasteiger partial charge in [0, 0.05) is 23.2 Å². The Morgan fingerprint density at radius 1 is 0.857 bits per heavy atom. The molecule has 142 valence electrons. The molecule has 0 spiro atoms. The van der Waals surface area contributed by atoms with Crippen LogP contribution in [-0.4, -0.2) is 30.9 Å². The third-order valence-electron chi connectivity index (χ3n) is 4.72. The molecular weight excluding hydrogens is 356 g/mol. The lowest BCUT2D eigenvalue weighted by molar-refractivity contribution is 0.324. The molecular formula is C22H20N2O4. The second-order valence-electron chi connectivity index (χ2n) is 6.22. The molecule has 1 N–H and O–H groups in total. The number of hydrogen-bond acceptors (Lipinski definition) is 4. The van der Waals surface area contributed by atoms with Gasteiger partial charge in [0.1, 0.15) is 0 Å². The highest BCUT2D eigenvalue weighted by molar-refractivity contribution is 5.88. The first kappa shape index (κ1) is 17.7. The molecule has 0 unspecified atom stereocenters. The van der Waals surface area contributed by atoms with Crippen molar-refractivity contribution in [1.82, 2.24) is 9.55 Å². The third kappa shape index (κ3) is 2.79. The number of nitrogens with one attached hydrogen (secondary N) is 1. The average molecular weight is 376 g/mol. The fourth-order valence-corrected chi connectivity index (χ4v) is 3.45. The van der Waals surface area contributed by atoms with E-state index in [0.29, 0.717) is 22.9 Å². The summed E-state index contributed by atoms with van der Waals surface area (Å²) in [6.45, 7) is 0. The van der Waals surface area contributed by atoms with E-state index in [1.807, 2.05) is 48.7 Å². The van der Waals surface area contributed by atoms with Crippen molar-refractivity contribution >= 4 is 10.9 Å². The van der Waals surface area contributed by atoms with Gasteiger partial charge in [-0.05, 0) is 30.3 Å². The lowest BCUT2D eigenvalue weighted by Gasteiger charge is -2.17. The van der Waals surface area contributed by atoms with Gasteiger partial charge in [-0.1, -0.05) is 18.2 Å². The summed E-state index contributed by atoms with van der Waals surface area (Å²) in [5.74, 6) is 1.56. The maximum Gasteiger partial charge on any atom is 0.255 e. The molecule has 0 radical (unpaired) electrons. The normalized spacial score (nSPS) is 10.8. The Labute approximate surface area is 161 Å². The zero-order chi connectivity index (χ0) is 19.7. The van der Waals surface area contributed by atoms with Gasteiger partial charge in [-0.2, -0.15) is 0 Å². The van der Waals surface area contributed by atoms with Crippen LogP contribution < -0.4 is 19.8 Å². The van der Waals surface area contributed by atoms with Crippen molar-refractivity contribution in [3.05, 3.63) is 71.1 Å². The van der Waals surface area contributed by atoms with Crippen molar-refractivity contribution in [2.24, 2.45) is 0 Å². The van der Waals surface area contributed by atoms with Gasteiger partial charge in [-0.15, -0.1) is 0 Å². The molecule has 0 saturated carbocycles. The lowest BCUT2D eigenvalue weighted by Crippen LogP contribution is -2.19. The molecule has 6 nitrogen and oxygen atoms in total. The van der Waals surface area contributed by atoms with E-state index in [1.54, 1.807) is 38.0 Å². The van der Waals surface area contributed by atoms with Gasteiger partial charge in [-0.3, -0.25) is 9.36 Å². The van der Waals surface area contributed by atoms with E-state index in [2.05, 4.69) is 4.98 Å². The highest BCUT2D eigenvalue weighted by Gasteiger charge is 2.17. The van der Waals surface area contributed by atoms with Crippen molar-refractivity contribution in [2.45, 2.75) is 0 Å². The molecule has 0 fully saturated rings. The van der Waals surface area contributed by atoms with E-state index in [0.717, 1.165) is 22.2 Å². The zero-order valence-corrected chi connectivity index (χ0v) is 15.9. The predicted molar refractivity (Wildman–Crippen MR) is 109 cm³/mol. The molecule has 0 aliphatic heterocycles. The number of ether oxygens (including phenoxy) is 3. The van der Waals surface area contributed by atoms with Crippen LogP contribution in [0.1, 0.15) is 0 Å². The summed E-state index contributed by atoms with van der Waals surface area (Å²) in [6.07, 6.45) is 1.86. The van der Waals surface area contributed by atoms with E-state index in [9.17, 15) is 4.79 Å². The molecule has 0 aliphatic carbocycles. The van der Waals surface area contributed by atoms with E-state index < -0.39 is 0 Å². The summed E-state index contributed by atoms with van der Waals surface area (Å²) < 4.78 is 18.0. The largest absolute Gasteiger partial charge is 0.493 e. The monoisotopic (exact) mass is 376 g/mol. The molecule has 6 heteroatoms. The van der Waals surface area contributed by atoms with Gasteiger partial charge in [0.2, 0.25) is 5.75 Å². The van der Waals surface area contributed by atoms with Gasteiger partial charge in [-0.25, -0.2) is 0 Å². The van der Waals surface area contributed by atoms with Crippen molar-refractivity contribution in [1.29, 1.82) is 0 Å². The number of aromatic amines is 1. The Hall–Kier alpha value is -3.67. The number of aromatic nitrogens is 2. The van der Waals surface area contributed by atoms with Crippen LogP contribution in [0, 0.1) is 0 Å². The maximum atomic E-state index is 12.9. The average Bonchev–Trinajstić information content (AvgIpc) is 3.21. The van der Waals surface area contributed by atoms with Crippen molar-refractivity contribution in [2.75, 3.05) is 21.3 Å². The minimum Gasteiger partial charge on any atom is -0.493 e. The van der Waals surface area contributed by atoms with Gasteiger partial charge in [0.05, 0.1) is 38.2 Å². The standard InChI is InChI=1S/C22H20N2O4/c1-26-18-12-15(13-19(27-2)22(18)28-3)16-7-5-9-20(25)24(16)17-8-4-6-14-10-11-23-21(14)17/h4-13,23H,1-3H3. The van der Waals surface area contributed by atoms with Crippen LogP contribution >= 0.6 is 0 Å². The first-order valence-corrected chi connectivity index (χ1v) is 8.77. The minimum atomic E-state index is -0.131. The van der Waals surface area contributed by atoms with E-state index >= 15 is 0 Å². The van der Waals surface area contributed by atoms with Crippen LogP contribution in [0.4, 0.5) is 0 Å². The number of pyridine rings is 1. The Kier molecular flexibility index (Phi) is 4.53. The molecule has 2 heterocycles. The molecule has 4 rings (SSSR count). The van der Waals surface area contributed by atoms with Crippen molar-refractivity contribution in [3.8, 4) is 34.2 Å². The van der Waals surface area contributed by atoms with Gasteiger partial charge >= 0.3 is 0 Å². The predicted octanol–water partition coefficient (Wildman–Crippen LogP) is 4.01. The maximum absolute atomic E-state index is 12.9. The molecule has 2 aromatic heterocycles. The van der Waals surface area contributed by atoms with Crippen LogP contribution in [0.5, 0.6) is 17.2 Å². The molecule has 0 saturated heterocycles. The number of fused-ring (bicyclic) bond motifs is 1. The van der Waals surface area contributed by atoms with E-state index in [4.69, 9.17) is 14.2 Å². The topological polar surface area (TPSA) is 65.5 Å². The molecule has 2 aromatic carbocycles. The Bertz CT molecular complexity index is 1180. The highest BCUT2D eigenvalue weighted by Crippen LogP contribution is 2.41. The molecule has 28 heavy (non-hydrogen) atoms. The molecule has 4 aromatic rings. The Morgan fingerprint density at radius 3 is 2.25 bits per heavy atom. The van der Waals surface area contributed by atoms with Gasteiger partial charge in [0.15, 0.2) is 11.5 Å². The number of H-pyrrole nitrogens is 1. The van der Waals surface area contributed by atoms with Crippen LogP contribution in [0.25, 0.3) is 27.8 Å². The van der Waals surface area contributed by atoms with Crippen LogP contribution in [0.3, 0.4) is 0 Å². The van der Waals surface area contributed by atoms with Gasteiger partial charge in [0.25, 0.3) is 5.56 Å². The summed E-state index contributed by atoms with van der Waals surface area (Å²) in [5, 5.41) is 1.03. The van der Waals surface area contributed by atoms with E-state index in [-0.39, 0.29) is 5.56 Å². The zero-order valence-electron chi connectivity index (χ0n) is 15.9. The van der Waals surface area contributed by atoms with Crippen molar-refractivity contribution < 1.29 is 14.2 Å². The fraction of sp³-hybridized carbons (Fsp3) is 0.136. The van der Waals surface area contributed by atoms with E-state index in [1.165, 1.54) is 0 Å². The first-order chi connectivity index (χ1) is 13.7. The SMILES string of the molecule is COc1cc(-c2cccc(=O)n2-c2cccc3cc[nH]c23)cc(OC)c1OC. The quantitative estimate of drug-likeness (QED) is 0.572. The molecule has 0 aliphatic rings. The second kappa shape index (κ2) is 7.15. The Balaban J connectivity index is 2.02. The number of benzene rings is 2. The van der Waals surface area contributed by atoms with Crippen LogP contribution in [0.15, 0.2) is 65.6 Å². The highest BCUT2D eigenvalue weighted by atomic mass is 16.5. The second-order valence-corrected chi connectivity index (χ2v) is 6.22. The Morgan fingerprint density at radius 2 is 1.57 bits per heavy atom. The summed E-state index contributed by atoms with van der Waals surface area (Å²) in [7, 11) is 4.70. The lowest BCUT2D eigenvalue weighted by atomic mass is 10.1. The fourth-order valence-electron chi connectivity index (χ4n) is 3.45. The number of methoxy groups -OCH3 is 3.